The molecular formula is C22H19ClN2O3. The van der Waals surface area contributed by atoms with Crippen LogP contribution in [0.5, 0.6) is 11.5 Å². The Labute approximate surface area is 168 Å². The van der Waals surface area contributed by atoms with Crippen molar-refractivity contribution in [1.82, 2.24) is 4.98 Å². The van der Waals surface area contributed by atoms with Gasteiger partial charge in [-0.15, -0.1) is 0 Å². The van der Waals surface area contributed by atoms with Crippen LogP contribution in [0.15, 0.2) is 66.9 Å². The third-order valence-corrected chi connectivity index (χ3v) is 4.70. The van der Waals surface area contributed by atoms with Crippen molar-refractivity contribution in [2.75, 3.05) is 18.1 Å². The largest absolute Gasteiger partial charge is 0.486 e. The summed E-state index contributed by atoms with van der Waals surface area (Å²) in [6.45, 7) is 1.37. The standard InChI is InChI=1S/C22H19ClN2O3/c23-18-12-17(13-19-22(18)28-11-10-27-19)14-21(26)25(20-8-4-5-9-24-20)15-16-6-2-1-3-7-16/h1-9,12-13H,10-11,14-15H2. The van der Waals surface area contributed by atoms with Gasteiger partial charge in [0.05, 0.1) is 18.0 Å². The van der Waals surface area contributed by atoms with Gasteiger partial charge in [0, 0.05) is 6.20 Å². The number of carbonyl (C=O) groups is 1. The molecule has 0 aliphatic carbocycles. The van der Waals surface area contributed by atoms with Gasteiger partial charge >= 0.3 is 0 Å². The summed E-state index contributed by atoms with van der Waals surface area (Å²) >= 11 is 6.31. The highest BCUT2D eigenvalue weighted by molar-refractivity contribution is 6.32. The fourth-order valence-electron chi connectivity index (χ4n) is 3.11. The number of anilines is 1. The van der Waals surface area contributed by atoms with Gasteiger partial charge in [0.25, 0.3) is 0 Å². The van der Waals surface area contributed by atoms with Crippen molar-refractivity contribution < 1.29 is 14.3 Å². The van der Waals surface area contributed by atoms with Crippen molar-refractivity contribution in [3.63, 3.8) is 0 Å². The molecule has 1 aliphatic heterocycles. The molecule has 1 amide bonds. The van der Waals surface area contributed by atoms with E-state index in [1.54, 1.807) is 17.2 Å². The van der Waals surface area contributed by atoms with E-state index < -0.39 is 0 Å². The highest BCUT2D eigenvalue weighted by Crippen LogP contribution is 2.38. The molecule has 5 nitrogen and oxygen atoms in total. The van der Waals surface area contributed by atoms with E-state index in [-0.39, 0.29) is 12.3 Å². The minimum atomic E-state index is -0.0738. The van der Waals surface area contributed by atoms with Crippen LogP contribution in [0.4, 0.5) is 5.82 Å². The van der Waals surface area contributed by atoms with Crippen LogP contribution >= 0.6 is 11.6 Å². The van der Waals surface area contributed by atoms with Gasteiger partial charge in [0.2, 0.25) is 5.91 Å². The number of rotatable bonds is 5. The smallest absolute Gasteiger partial charge is 0.232 e. The topological polar surface area (TPSA) is 51.7 Å². The van der Waals surface area contributed by atoms with E-state index in [0.717, 1.165) is 11.1 Å². The first-order valence-electron chi connectivity index (χ1n) is 9.04. The molecule has 3 aromatic rings. The fraction of sp³-hybridized carbons (Fsp3) is 0.182. The zero-order valence-corrected chi connectivity index (χ0v) is 15.9. The van der Waals surface area contributed by atoms with E-state index in [9.17, 15) is 4.79 Å². The van der Waals surface area contributed by atoms with E-state index in [1.165, 1.54) is 0 Å². The van der Waals surface area contributed by atoms with Gasteiger partial charge in [-0.3, -0.25) is 9.69 Å². The number of halogens is 1. The molecule has 0 saturated heterocycles. The van der Waals surface area contributed by atoms with Crippen molar-refractivity contribution in [2.45, 2.75) is 13.0 Å². The summed E-state index contributed by atoms with van der Waals surface area (Å²) in [5.41, 5.74) is 1.80. The van der Waals surface area contributed by atoms with Gasteiger partial charge in [0.1, 0.15) is 19.0 Å². The lowest BCUT2D eigenvalue weighted by Gasteiger charge is -2.23. The Hall–Kier alpha value is -3.05. The molecule has 6 heteroatoms. The average molecular weight is 395 g/mol. The molecule has 0 bridgehead atoms. The number of pyridine rings is 1. The lowest BCUT2D eigenvalue weighted by atomic mass is 10.1. The van der Waals surface area contributed by atoms with Crippen molar-refractivity contribution >= 4 is 23.3 Å². The van der Waals surface area contributed by atoms with Gasteiger partial charge in [-0.25, -0.2) is 4.98 Å². The molecule has 0 unspecified atom stereocenters. The SMILES string of the molecule is O=C(Cc1cc(Cl)c2c(c1)OCCO2)N(Cc1ccccc1)c1ccccn1. The summed E-state index contributed by atoms with van der Waals surface area (Å²) in [5.74, 6) is 1.65. The van der Waals surface area contributed by atoms with Crippen molar-refractivity contribution in [1.29, 1.82) is 0 Å². The molecule has 1 aromatic heterocycles. The maximum absolute atomic E-state index is 13.2. The van der Waals surface area contributed by atoms with Crippen LogP contribution in [0.1, 0.15) is 11.1 Å². The molecule has 2 aromatic carbocycles. The van der Waals surface area contributed by atoms with Crippen LogP contribution < -0.4 is 14.4 Å². The first kappa shape index (κ1) is 18.3. The Balaban J connectivity index is 1.60. The number of fused-ring (bicyclic) bond motifs is 1. The summed E-state index contributed by atoms with van der Waals surface area (Å²) in [4.78, 5) is 19.2. The zero-order chi connectivity index (χ0) is 19.3. The lowest BCUT2D eigenvalue weighted by molar-refractivity contribution is -0.118. The van der Waals surface area contributed by atoms with Crippen LogP contribution in [-0.2, 0) is 17.8 Å². The van der Waals surface area contributed by atoms with E-state index in [1.807, 2.05) is 54.6 Å². The molecular weight excluding hydrogens is 376 g/mol. The number of hydrogen-bond acceptors (Lipinski definition) is 4. The van der Waals surface area contributed by atoms with E-state index >= 15 is 0 Å². The second kappa shape index (κ2) is 8.31. The highest BCUT2D eigenvalue weighted by atomic mass is 35.5. The normalized spacial score (nSPS) is 12.5. The summed E-state index contributed by atoms with van der Waals surface area (Å²) in [5, 5.41) is 0.451. The number of hydrogen-bond donors (Lipinski definition) is 0. The molecule has 0 fully saturated rings. The molecule has 0 atom stereocenters. The Bertz CT molecular complexity index is 964. The summed E-state index contributed by atoms with van der Waals surface area (Å²) < 4.78 is 11.2. The number of aromatic nitrogens is 1. The van der Waals surface area contributed by atoms with Gasteiger partial charge in [-0.05, 0) is 35.4 Å². The minimum Gasteiger partial charge on any atom is -0.486 e. The van der Waals surface area contributed by atoms with Gasteiger partial charge in [0.15, 0.2) is 11.5 Å². The molecule has 142 valence electrons. The first-order valence-corrected chi connectivity index (χ1v) is 9.42. The third kappa shape index (κ3) is 4.10. The first-order chi connectivity index (χ1) is 13.7. The van der Waals surface area contributed by atoms with Crippen LogP contribution in [0.25, 0.3) is 0 Å². The molecule has 0 saturated carbocycles. The van der Waals surface area contributed by atoms with Crippen molar-refractivity contribution in [2.24, 2.45) is 0 Å². The maximum atomic E-state index is 13.2. The Morgan fingerprint density at radius 3 is 2.57 bits per heavy atom. The van der Waals surface area contributed by atoms with E-state index in [2.05, 4.69) is 4.98 Å². The Morgan fingerprint density at radius 2 is 1.79 bits per heavy atom. The molecule has 0 N–H and O–H groups in total. The van der Waals surface area contributed by atoms with E-state index in [0.29, 0.717) is 42.1 Å². The summed E-state index contributed by atoms with van der Waals surface area (Å²) in [6, 6.07) is 18.9. The number of nitrogens with zero attached hydrogens (tertiary/aromatic N) is 2. The number of benzene rings is 2. The number of ether oxygens (including phenoxy) is 2. The number of carbonyl (C=O) groups excluding carboxylic acids is 1. The maximum Gasteiger partial charge on any atom is 0.232 e. The fourth-order valence-corrected chi connectivity index (χ4v) is 3.40. The second-order valence-corrected chi connectivity index (χ2v) is 6.84. The van der Waals surface area contributed by atoms with Crippen LogP contribution in [0.2, 0.25) is 5.02 Å². The van der Waals surface area contributed by atoms with Crippen LogP contribution in [0, 0.1) is 0 Å². The van der Waals surface area contributed by atoms with Crippen LogP contribution in [0.3, 0.4) is 0 Å². The molecule has 4 rings (SSSR count). The Kier molecular flexibility index (Phi) is 5.44. The molecule has 28 heavy (non-hydrogen) atoms. The van der Waals surface area contributed by atoms with E-state index in [4.69, 9.17) is 21.1 Å². The number of amides is 1. The third-order valence-electron chi connectivity index (χ3n) is 4.42. The summed E-state index contributed by atoms with van der Waals surface area (Å²) in [7, 11) is 0. The van der Waals surface area contributed by atoms with Gasteiger partial charge in [-0.2, -0.15) is 0 Å². The predicted molar refractivity (Wildman–Crippen MR) is 108 cm³/mol. The molecule has 0 spiro atoms. The highest BCUT2D eigenvalue weighted by Gasteiger charge is 2.21. The summed E-state index contributed by atoms with van der Waals surface area (Å²) in [6.07, 6.45) is 1.86. The average Bonchev–Trinajstić information content (AvgIpc) is 2.73. The molecule has 1 aliphatic rings. The van der Waals surface area contributed by atoms with Gasteiger partial charge in [-0.1, -0.05) is 48.0 Å². The zero-order valence-electron chi connectivity index (χ0n) is 15.2. The quantitative estimate of drug-likeness (QED) is 0.648. The van der Waals surface area contributed by atoms with Gasteiger partial charge < -0.3 is 9.47 Å². The van der Waals surface area contributed by atoms with Crippen molar-refractivity contribution in [3.05, 3.63) is 83.0 Å². The van der Waals surface area contributed by atoms with Crippen molar-refractivity contribution in [3.8, 4) is 11.5 Å². The predicted octanol–water partition coefficient (Wildman–Crippen LogP) is 4.28. The Morgan fingerprint density at radius 1 is 1.00 bits per heavy atom. The molecule has 2 heterocycles. The molecule has 0 radical (unpaired) electrons. The lowest BCUT2D eigenvalue weighted by Crippen LogP contribution is -2.32. The second-order valence-electron chi connectivity index (χ2n) is 6.43. The monoisotopic (exact) mass is 394 g/mol. The van der Waals surface area contributed by atoms with Crippen LogP contribution in [-0.4, -0.2) is 24.1 Å². The minimum absolute atomic E-state index is 0.0738.